The Balaban J connectivity index is 2.00. The predicted octanol–water partition coefficient (Wildman–Crippen LogP) is 3.56. The van der Waals surface area contributed by atoms with Crippen LogP contribution in [-0.2, 0) is 0 Å². The molecule has 1 aromatic carbocycles. The van der Waals surface area contributed by atoms with E-state index >= 15 is 0 Å². The first kappa shape index (κ1) is 11.1. The predicted molar refractivity (Wildman–Crippen MR) is 70.7 cm³/mol. The van der Waals surface area contributed by atoms with E-state index in [1.807, 2.05) is 36.4 Å². The Labute approximate surface area is 112 Å². The van der Waals surface area contributed by atoms with Gasteiger partial charge in [0.2, 0.25) is 11.8 Å². The van der Waals surface area contributed by atoms with Crippen LogP contribution in [0.4, 0.5) is 0 Å². The number of halogens is 1. The first-order chi connectivity index (χ1) is 8.83. The number of nitrogens with zero attached hydrogens (tertiary/aromatic N) is 3. The first-order valence-corrected chi connectivity index (χ1v) is 6.12. The molecule has 0 N–H and O–H groups in total. The molecule has 0 atom stereocenters. The van der Waals surface area contributed by atoms with Crippen molar-refractivity contribution in [3.05, 3.63) is 53.3 Å². The Kier molecular flexibility index (Phi) is 2.90. The van der Waals surface area contributed by atoms with Crippen LogP contribution in [0.5, 0.6) is 0 Å². The third kappa shape index (κ3) is 2.17. The van der Waals surface area contributed by atoms with Crippen LogP contribution >= 0.6 is 15.9 Å². The van der Waals surface area contributed by atoms with Gasteiger partial charge in [0.25, 0.3) is 0 Å². The van der Waals surface area contributed by atoms with Gasteiger partial charge in [-0.3, -0.25) is 4.98 Å². The van der Waals surface area contributed by atoms with E-state index in [-0.39, 0.29) is 0 Å². The van der Waals surface area contributed by atoms with Gasteiger partial charge >= 0.3 is 0 Å². The molecular weight excluding hydrogens is 294 g/mol. The van der Waals surface area contributed by atoms with Crippen LogP contribution in [-0.4, -0.2) is 15.2 Å². The van der Waals surface area contributed by atoms with E-state index in [4.69, 9.17) is 4.42 Å². The van der Waals surface area contributed by atoms with Crippen molar-refractivity contribution in [1.82, 2.24) is 15.2 Å². The summed E-state index contributed by atoms with van der Waals surface area (Å²) in [4.78, 5) is 3.95. The molecule has 0 unspecified atom stereocenters. The molecule has 0 aliphatic heterocycles. The molecule has 3 aromatic rings. The lowest BCUT2D eigenvalue weighted by atomic mass is 10.2. The summed E-state index contributed by atoms with van der Waals surface area (Å²) >= 11 is 3.41. The monoisotopic (exact) mass is 301 g/mol. The Morgan fingerprint density at radius 3 is 2.33 bits per heavy atom. The van der Waals surface area contributed by atoms with Gasteiger partial charge in [0.15, 0.2) is 0 Å². The van der Waals surface area contributed by atoms with Crippen molar-refractivity contribution in [2.24, 2.45) is 0 Å². The molecule has 5 heteroatoms. The zero-order valence-electron chi connectivity index (χ0n) is 9.25. The van der Waals surface area contributed by atoms with Crippen molar-refractivity contribution >= 4 is 15.9 Å². The van der Waals surface area contributed by atoms with Crippen molar-refractivity contribution < 1.29 is 4.42 Å². The van der Waals surface area contributed by atoms with Crippen LogP contribution in [0.25, 0.3) is 22.9 Å². The smallest absolute Gasteiger partial charge is 0.248 e. The highest BCUT2D eigenvalue weighted by atomic mass is 79.9. The molecule has 0 aliphatic carbocycles. The SMILES string of the molecule is Brc1cccc(-c2nnc(-c3ccncc3)o2)c1. The minimum Gasteiger partial charge on any atom is -0.416 e. The highest BCUT2D eigenvalue weighted by molar-refractivity contribution is 9.10. The maximum Gasteiger partial charge on any atom is 0.248 e. The van der Waals surface area contributed by atoms with Gasteiger partial charge < -0.3 is 4.42 Å². The molecule has 0 fully saturated rings. The molecule has 2 heterocycles. The summed E-state index contributed by atoms with van der Waals surface area (Å²) < 4.78 is 6.62. The number of pyridine rings is 1. The van der Waals surface area contributed by atoms with Crippen molar-refractivity contribution in [2.75, 3.05) is 0 Å². The van der Waals surface area contributed by atoms with Gasteiger partial charge in [0, 0.05) is 28.0 Å². The standard InChI is InChI=1S/C13H8BrN3O/c14-11-3-1-2-10(8-11)13-17-16-12(18-13)9-4-6-15-7-5-9/h1-8H. The molecule has 2 aromatic heterocycles. The Bertz CT molecular complexity index is 667. The average Bonchev–Trinajstić information content (AvgIpc) is 2.89. The Morgan fingerprint density at radius 1 is 0.889 bits per heavy atom. The minimum atomic E-state index is 0.493. The van der Waals surface area contributed by atoms with Crippen LogP contribution in [0, 0.1) is 0 Å². The van der Waals surface area contributed by atoms with Gasteiger partial charge in [-0.1, -0.05) is 22.0 Å². The molecular formula is C13H8BrN3O. The topological polar surface area (TPSA) is 51.8 Å². The van der Waals surface area contributed by atoms with Crippen molar-refractivity contribution in [2.45, 2.75) is 0 Å². The number of rotatable bonds is 2. The maximum absolute atomic E-state index is 5.64. The van der Waals surface area contributed by atoms with E-state index in [9.17, 15) is 0 Å². The second kappa shape index (κ2) is 4.70. The molecule has 4 nitrogen and oxygen atoms in total. The number of hydrogen-bond donors (Lipinski definition) is 0. The van der Waals surface area contributed by atoms with Crippen LogP contribution in [0.3, 0.4) is 0 Å². The molecule has 0 amide bonds. The Morgan fingerprint density at radius 2 is 1.61 bits per heavy atom. The van der Waals surface area contributed by atoms with Crippen molar-refractivity contribution in [3.63, 3.8) is 0 Å². The first-order valence-electron chi connectivity index (χ1n) is 5.33. The molecule has 0 radical (unpaired) electrons. The van der Waals surface area contributed by atoms with E-state index in [1.54, 1.807) is 12.4 Å². The van der Waals surface area contributed by atoms with E-state index < -0.39 is 0 Å². The molecule has 88 valence electrons. The van der Waals surface area contributed by atoms with Crippen LogP contribution in [0.15, 0.2) is 57.7 Å². The fourth-order valence-corrected chi connectivity index (χ4v) is 1.97. The lowest BCUT2D eigenvalue weighted by Crippen LogP contribution is -1.77. The zero-order valence-corrected chi connectivity index (χ0v) is 10.8. The molecule has 18 heavy (non-hydrogen) atoms. The van der Waals surface area contributed by atoms with Crippen LogP contribution < -0.4 is 0 Å². The lowest BCUT2D eigenvalue weighted by molar-refractivity contribution is 0.584. The van der Waals surface area contributed by atoms with Gasteiger partial charge in [-0.2, -0.15) is 0 Å². The van der Waals surface area contributed by atoms with Crippen molar-refractivity contribution in [1.29, 1.82) is 0 Å². The quantitative estimate of drug-likeness (QED) is 0.726. The molecule has 0 spiro atoms. The van der Waals surface area contributed by atoms with Crippen LogP contribution in [0.2, 0.25) is 0 Å². The minimum absolute atomic E-state index is 0.493. The second-order valence-electron chi connectivity index (χ2n) is 3.66. The summed E-state index contributed by atoms with van der Waals surface area (Å²) in [6.07, 6.45) is 3.39. The van der Waals surface area contributed by atoms with Gasteiger partial charge in [0.1, 0.15) is 0 Å². The van der Waals surface area contributed by atoms with Crippen LogP contribution in [0.1, 0.15) is 0 Å². The molecule has 0 saturated heterocycles. The molecule has 0 saturated carbocycles. The fraction of sp³-hybridized carbons (Fsp3) is 0. The Hall–Kier alpha value is -2.01. The second-order valence-corrected chi connectivity index (χ2v) is 4.57. The lowest BCUT2D eigenvalue weighted by Gasteiger charge is -1.95. The van der Waals surface area contributed by atoms with Gasteiger partial charge in [-0.15, -0.1) is 10.2 Å². The maximum atomic E-state index is 5.64. The third-order valence-corrected chi connectivity index (χ3v) is 2.92. The third-order valence-electron chi connectivity index (χ3n) is 2.42. The molecule has 0 bridgehead atoms. The summed E-state index contributed by atoms with van der Waals surface area (Å²) in [6, 6.07) is 11.4. The summed E-state index contributed by atoms with van der Waals surface area (Å²) in [5, 5.41) is 8.08. The number of aromatic nitrogens is 3. The average molecular weight is 302 g/mol. The highest BCUT2D eigenvalue weighted by Crippen LogP contribution is 2.25. The fourth-order valence-electron chi connectivity index (χ4n) is 1.57. The summed E-state index contributed by atoms with van der Waals surface area (Å²) in [5.74, 6) is 0.996. The largest absolute Gasteiger partial charge is 0.416 e. The number of benzene rings is 1. The summed E-state index contributed by atoms with van der Waals surface area (Å²) in [6.45, 7) is 0. The van der Waals surface area contributed by atoms with Gasteiger partial charge in [0.05, 0.1) is 0 Å². The number of hydrogen-bond acceptors (Lipinski definition) is 4. The molecule has 0 aliphatic rings. The summed E-state index contributed by atoms with van der Waals surface area (Å²) in [7, 11) is 0. The van der Waals surface area contributed by atoms with E-state index in [1.165, 1.54) is 0 Å². The van der Waals surface area contributed by atoms with E-state index in [0.717, 1.165) is 15.6 Å². The summed E-state index contributed by atoms with van der Waals surface area (Å²) in [5.41, 5.74) is 1.75. The highest BCUT2D eigenvalue weighted by Gasteiger charge is 2.10. The van der Waals surface area contributed by atoms with Gasteiger partial charge in [-0.05, 0) is 30.3 Å². The van der Waals surface area contributed by atoms with E-state index in [2.05, 4.69) is 31.1 Å². The van der Waals surface area contributed by atoms with Crippen molar-refractivity contribution in [3.8, 4) is 22.9 Å². The van der Waals surface area contributed by atoms with E-state index in [0.29, 0.717) is 11.8 Å². The molecule has 3 rings (SSSR count). The normalized spacial score (nSPS) is 10.5. The van der Waals surface area contributed by atoms with Gasteiger partial charge in [-0.25, -0.2) is 0 Å². The zero-order chi connectivity index (χ0) is 12.4.